The number of nitrogens with one attached hydrogen (secondary N) is 1. The van der Waals surface area contributed by atoms with E-state index in [1.165, 1.54) is 0 Å². The molecule has 0 spiro atoms. The van der Waals surface area contributed by atoms with Crippen molar-refractivity contribution in [1.29, 1.82) is 0 Å². The Kier molecular flexibility index (Phi) is 3.94. The number of carbonyl (C=O) groups is 1. The van der Waals surface area contributed by atoms with E-state index in [0.717, 1.165) is 30.4 Å². The fourth-order valence-corrected chi connectivity index (χ4v) is 2.73. The normalized spacial score (nSPS) is 18.6. The topological polar surface area (TPSA) is 43.3 Å². The van der Waals surface area contributed by atoms with Crippen LogP contribution in [0.4, 0.5) is 0 Å². The van der Waals surface area contributed by atoms with E-state index < -0.39 is 0 Å². The molecule has 20 heavy (non-hydrogen) atoms. The zero-order chi connectivity index (χ0) is 13.9. The van der Waals surface area contributed by atoms with Gasteiger partial charge in [0.05, 0.1) is 6.10 Å². The second-order valence-electron chi connectivity index (χ2n) is 5.09. The van der Waals surface area contributed by atoms with Crippen LogP contribution in [0.3, 0.4) is 0 Å². The average Bonchev–Trinajstić information content (AvgIpc) is 3.06. The van der Waals surface area contributed by atoms with E-state index in [1.807, 2.05) is 35.0 Å². The summed E-state index contributed by atoms with van der Waals surface area (Å²) in [5, 5.41) is 4.68. The third kappa shape index (κ3) is 2.97. The molecule has 1 fully saturated rings. The minimum absolute atomic E-state index is 0.00736. The van der Waals surface area contributed by atoms with Crippen LogP contribution in [0.5, 0.6) is 0 Å². The highest BCUT2D eigenvalue weighted by atomic mass is 35.5. The van der Waals surface area contributed by atoms with Gasteiger partial charge in [-0.05, 0) is 37.1 Å². The number of rotatable bonds is 4. The number of aromatic nitrogens is 1. The zero-order valence-corrected chi connectivity index (χ0v) is 11.9. The quantitative estimate of drug-likeness (QED) is 0.941. The summed E-state index contributed by atoms with van der Waals surface area (Å²) in [6.45, 7) is 1.73. The molecule has 1 aromatic carbocycles. The Morgan fingerprint density at radius 2 is 2.35 bits per heavy atom. The lowest BCUT2D eigenvalue weighted by Crippen LogP contribution is -2.33. The monoisotopic (exact) mass is 292 g/mol. The SMILES string of the molecule is O=C(Cn1ccc2cc(Cl)ccc21)NCC1CCCO1. The predicted octanol–water partition coefficient (Wildman–Crippen LogP) is 2.59. The Bertz CT molecular complexity index is 617. The molecule has 1 aromatic heterocycles. The molecule has 1 aliphatic rings. The van der Waals surface area contributed by atoms with Crippen molar-refractivity contribution < 1.29 is 9.53 Å². The van der Waals surface area contributed by atoms with Crippen molar-refractivity contribution in [2.24, 2.45) is 0 Å². The molecule has 2 aromatic rings. The number of hydrogen-bond acceptors (Lipinski definition) is 2. The molecule has 1 aliphatic heterocycles. The summed E-state index contributed by atoms with van der Waals surface area (Å²) in [5.41, 5.74) is 1.02. The van der Waals surface area contributed by atoms with E-state index in [-0.39, 0.29) is 12.0 Å². The van der Waals surface area contributed by atoms with Crippen molar-refractivity contribution in [3.05, 3.63) is 35.5 Å². The number of fused-ring (bicyclic) bond motifs is 1. The van der Waals surface area contributed by atoms with E-state index >= 15 is 0 Å². The first-order valence-electron chi connectivity index (χ1n) is 6.85. The van der Waals surface area contributed by atoms with Gasteiger partial charge in [-0.1, -0.05) is 11.6 Å². The highest BCUT2D eigenvalue weighted by Gasteiger charge is 2.16. The second kappa shape index (κ2) is 5.85. The summed E-state index contributed by atoms with van der Waals surface area (Å²) in [6.07, 6.45) is 4.21. The molecule has 1 atom stereocenters. The maximum absolute atomic E-state index is 12.0. The predicted molar refractivity (Wildman–Crippen MR) is 78.9 cm³/mol. The first kappa shape index (κ1) is 13.5. The van der Waals surface area contributed by atoms with Crippen LogP contribution < -0.4 is 5.32 Å². The molecular formula is C15H17ClN2O2. The van der Waals surface area contributed by atoms with Crippen molar-refractivity contribution in [1.82, 2.24) is 9.88 Å². The molecule has 3 rings (SSSR count). The summed E-state index contributed by atoms with van der Waals surface area (Å²) in [6, 6.07) is 7.64. The molecule has 1 saturated heterocycles. The summed E-state index contributed by atoms with van der Waals surface area (Å²) in [4.78, 5) is 12.0. The number of amides is 1. The lowest BCUT2D eigenvalue weighted by molar-refractivity contribution is -0.122. The summed E-state index contributed by atoms with van der Waals surface area (Å²) >= 11 is 5.95. The zero-order valence-electron chi connectivity index (χ0n) is 11.1. The van der Waals surface area contributed by atoms with Gasteiger partial charge in [-0.15, -0.1) is 0 Å². The van der Waals surface area contributed by atoms with Gasteiger partial charge in [0.15, 0.2) is 0 Å². The number of halogens is 1. The third-order valence-corrected chi connectivity index (χ3v) is 3.83. The Morgan fingerprint density at radius 3 is 3.15 bits per heavy atom. The highest BCUT2D eigenvalue weighted by Crippen LogP contribution is 2.20. The van der Waals surface area contributed by atoms with E-state index in [4.69, 9.17) is 16.3 Å². The van der Waals surface area contributed by atoms with Crippen LogP contribution >= 0.6 is 11.6 Å². The summed E-state index contributed by atoms with van der Waals surface area (Å²) in [5.74, 6) is 0.00736. The molecule has 2 heterocycles. The largest absolute Gasteiger partial charge is 0.376 e. The van der Waals surface area contributed by atoms with Crippen molar-refractivity contribution in [3.63, 3.8) is 0 Å². The molecule has 0 bridgehead atoms. The smallest absolute Gasteiger partial charge is 0.240 e. The van der Waals surface area contributed by atoms with Crippen LogP contribution in [0.15, 0.2) is 30.5 Å². The van der Waals surface area contributed by atoms with Crippen LogP contribution in [-0.2, 0) is 16.1 Å². The Morgan fingerprint density at radius 1 is 1.45 bits per heavy atom. The van der Waals surface area contributed by atoms with E-state index in [0.29, 0.717) is 18.1 Å². The van der Waals surface area contributed by atoms with Gasteiger partial charge in [-0.25, -0.2) is 0 Å². The van der Waals surface area contributed by atoms with Crippen LogP contribution in [-0.4, -0.2) is 29.7 Å². The minimum Gasteiger partial charge on any atom is -0.376 e. The first-order chi connectivity index (χ1) is 9.72. The van der Waals surface area contributed by atoms with Gasteiger partial charge < -0.3 is 14.6 Å². The lowest BCUT2D eigenvalue weighted by atomic mass is 10.2. The van der Waals surface area contributed by atoms with Crippen molar-refractivity contribution in [2.75, 3.05) is 13.2 Å². The molecule has 1 unspecified atom stereocenters. The Hall–Kier alpha value is -1.52. The van der Waals surface area contributed by atoms with Crippen molar-refractivity contribution in [2.45, 2.75) is 25.5 Å². The molecule has 4 nitrogen and oxygen atoms in total. The van der Waals surface area contributed by atoms with Crippen molar-refractivity contribution in [3.8, 4) is 0 Å². The van der Waals surface area contributed by atoms with E-state index in [2.05, 4.69) is 5.32 Å². The maximum atomic E-state index is 12.0. The second-order valence-corrected chi connectivity index (χ2v) is 5.52. The number of carbonyl (C=O) groups excluding carboxylic acids is 1. The highest BCUT2D eigenvalue weighted by molar-refractivity contribution is 6.31. The fourth-order valence-electron chi connectivity index (χ4n) is 2.55. The van der Waals surface area contributed by atoms with Gasteiger partial charge in [0.2, 0.25) is 5.91 Å². The lowest BCUT2D eigenvalue weighted by Gasteiger charge is -2.11. The average molecular weight is 293 g/mol. The number of nitrogens with zero attached hydrogens (tertiary/aromatic N) is 1. The summed E-state index contributed by atoms with van der Waals surface area (Å²) in [7, 11) is 0. The van der Waals surface area contributed by atoms with Gasteiger partial charge in [0, 0.05) is 35.3 Å². The van der Waals surface area contributed by atoms with Crippen LogP contribution in [0.1, 0.15) is 12.8 Å². The van der Waals surface area contributed by atoms with Crippen LogP contribution in [0.25, 0.3) is 10.9 Å². The Labute approximate surface area is 122 Å². The van der Waals surface area contributed by atoms with E-state index in [1.54, 1.807) is 0 Å². The molecule has 5 heteroatoms. The van der Waals surface area contributed by atoms with Crippen molar-refractivity contribution >= 4 is 28.4 Å². The molecule has 0 saturated carbocycles. The van der Waals surface area contributed by atoms with Gasteiger partial charge in [0.25, 0.3) is 0 Å². The summed E-state index contributed by atoms with van der Waals surface area (Å²) < 4.78 is 7.41. The van der Waals surface area contributed by atoms with Crippen LogP contribution in [0.2, 0.25) is 5.02 Å². The molecule has 1 amide bonds. The number of benzene rings is 1. The molecule has 106 valence electrons. The van der Waals surface area contributed by atoms with Gasteiger partial charge in [-0.3, -0.25) is 4.79 Å². The first-order valence-corrected chi connectivity index (χ1v) is 7.23. The number of hydrogen-bond donors (Lipinski definition) is 1. The number of ether oxygens (including phenoxy) is 1. The van der Waals surface area contributed by atoms with E-state index in [9.17, 15) is 4.79 Å². The standard InChI is InChI=1S/C15H17ClN2O2/c16-12-3-4-14-11(8-12)5-6-18(14)10-15(19)17-9-13-2-1-7-20-13/h3-6,8,13H,1-2,7,9-10H2,(H,17,19). The molecular weight excluding hydrogens is 276 g/mol. The minimum atomic E-state index is 0.00736. The molecule has 0 aliphatic carbocycles. The maximum Gasteiger partial charge on any atom is 0.240 e. The third-order valence-electron chi connectivity index (χ3n) is 3.60. The fraction of sp³-hybridized carbons (Fsp3) is 0.400. The Balaban J connectivity index is 1.62. The van der Waals surface area contributed by atoms with Gasteiger partial charge >= 0.3 is 0 Å². The van der Waals surface area contributed by atoms with Gasteiger partial charge in [-0.2, -0.15) is 0 Å². The molecule has 0 radical (unpaired) electrons. The van der Waals surface area contributed by atoms with Crippen LogP contribution in [0, 0.1) is 0 Å². The van der Waals surface area contributed by atoms with Gasteiger partial charge in [0.1, 0.15) is 6.54 Å². The molecule has 1 N–H and O–H groups in total.